The number of fused-ring (bicyclic) bond motifs is 3. The summed E-state index contributed by atoms with van der Waals surface area (Å²) in [5, 5.41) is 0. The van der Waals surface area contributed by atoms with Crippen molar-refractivity contribution in [3.63, 3.8) is 0 Å². The SMILES string of the molecule is COc1cccc2c1-c1c(OCCCN3CCCCC3)cccc1C2=O. The number of benzene rings is 2. The number of piperidine rings is 1. The molecule has 1 fully saturated rings. The molecule has 0 N–H and O–H groups in total. The lowest BCUT2D eigenvalue weighted by Gasteiger charge is -2.26. The van der Waals surface area contributed by atoms with Gasteiger partial charge in [-0.2, -0.15) is 0 Å². The second kappa shape index (κ2) is 7.50. The van der Waals surface area contributed by atoms with Crippen molar-refractivity contribution in [2.24, 2.45) is 0 Å². The van der Waals surface area contributed by atoms with Gasteiger partial charge in [0, 0.05) is 28.8 Å². The number of likely N-dealkylation sites (tertiary alicyclic amines) is 1. The molecule has 1 aliphatic heterocycles. The summed E-state index contributed by atoms with van der Waals surface area (Å²) in [5.41, 5.74) is 3.14. The lowest BCUT2D eigenvalue weighted by molar-refractivity contribution is 0.104. The van der Waals surface area contributed by atoms with Crippen LogP contribution in [-0.4, -0.2) is 44.0 Å². The highest BCUT2D eigenvalue weighted by molar-refractivity contribution is 6.23. The maximum absolute atomic E-state index is 12.7. The number of ether oxygens (including phenoxy) is 2. The number of carbonyl (C=O) groups excluding carboxylic acids is 1. The second-order valence-electron chi connectivity index (χ2n) is 6.99. The van der Waals surface area contributed by atoms with Crippen LogP contribution in [-0.2, 0) is 0 Å². The van der Waals surface area contributed by atoms with Gasteiger partial charge in [0.2, 0.25) is 0 Å². The lowest BCUT2D eigenvalue weighted by Crippen LogP contribution is -2.31. The van der Waals surface area contributed by atoms with E-state index >= 15 is 0 Å². The molecule has 0 bridgehead atoms. The summed E-state index contributed by atoms with van der Waals surface area (Å²) in [5.74, 6) is 1.55. The van der Waals surface area contributed by atoms with Crippen LogP contribution in [0.2, 0.25) is 0 Å². The molecule has 0 amide bonds. The van der Waals surface area contributed by atoms with E-state index in [0.29, 0.717) is 17.7 Å². The Bertz CT molecular complexity index is 809. The summed E-state index contributed by atoms with van der Waals surface area (Å²) in [7, 11) is 1.64. The number of nitrogens with zero attached hydrogens (tertiary/aromatic N) is 1. The van der Waals surface area contributed by atoms with E-state index in [2.05, 4.69) is 4.90 Å². The molecule has 0 unspecified atom stereocenters. The fraction of sp³-hybridized carbons (Fsp3) is 0.409. The summed E-state index contributed by atoms with van der Waals surface area (Å²) in [4.78, 5) is 15.2. The maximum Gasteiger partial charge on any atom is 0.194 e. The monoisotopic (exact) mass is 351 g/mol. The highest BCUT2D eigenvalue weighted by Gasteiger charge is 2.32. The van der Waals surface area contributed by atoms with Crippen LogP contribution in [0.5, 0.6) is 11.5 Å². The topological polar surface area (TPSA) is 38.8 Å². The number of ketones is 1. The summed E-state index contributed by atoms with van der Waals surface area (Å²) in [6.07, 6.45) is 4.98. The van der Waals surface area contributed by atoms with E-state index in [4.69, 9.17) is 9.47 Å². The van der Waals surface area contributed by atoms with Gasteiger partial charge in [0.25, 0.3) is 0 Å². The van der Waals surface area contributed by atoms with E-state index in [9.17, 15) is 4.79 Å². The first kappa shape index (κ1) is 17.1. The minimum Gasteiger partial charge on any atom is -0.496 e. The molecule has 0 radical (unpaired) electrons. The summed E-state index contributed by atoms with van der Waals surface area (Å²) < 4.78 is 11.6. The third-order valence-electron chi connectivity index (χ3n) is 5.34. The van der Waals surface area contributed by atoms with Gasteiger partial charge in [-0.25, -0.2) is 0 Å². The molecule has 0 spiro atoms. The molecular formula is C22H25NO3. The average Bonchev–Trinajstić information content (AvgIpc) is 2.99. The molecule has 2 aromatic carbocycles. The molecule has 0 atom stereocenters. The third-order valence-corrected chi connectivity index (χ3v) is 5.34. The Balaban J connectivity index is 1.52. The first-order chi connectivity index (χ1) is 12.8. The molecule has 4 nitrogen and oxygen atoms in total. The minimum atomic E-state index is 0.0488. The van der Waals surface area contributed by atoms with E-state index in [1.165, 1.54) is 32.4 Å². The van der Waals surface area contributed by atoms with Crippen molar-refractivity contribution < 1.29 is 14.3 Å². The maximum atomic E-state index is 12.7. The number of hydrogen-bond acceptors (Lipinski definition) is 4. The zero-order chi connectivity index (χ0) is 17.9. The third kappa shape index (κ3) is 3.10. The van der Waals surface area contributed by atoms with E-state index in [0.717, 1.165) is 35.6 Å². The smallest absolute Gasteiger partial charge is 0.194 e. The molecule has 4 rings (SSSR count). The van der Waals surface area contributed by atoms with Crippen molar-refractivity contribution >= 4 is 5.78 Å². The summed E-state index contributed by atoms with van der Waals surface area (Å²) >= 11 is 0. The molecular weight excluding hydrogens is 326 g/mol. The Hall–Kier alpha value is -2.33. The second-order valence-corrected chi connectivity index (χ2v) is 6.99. The Labute approximate surface area is 154 Å². The van der Waals surface area contributed by atoms with Gasteiger partial charge >= 0.3 is 0 Å². The zero-order valence-corrected chi connectivity index (χ0v) is 15.3. The van der Waals surface area contributed by atoms with Gasteiger partial charge in [-0.15, -0.1) is 0 Å². The van der Waals surface area contributed by atoms with E-state index in [-0.39, 0.29) is 5.78 Å². The first-order valence-corrected chi connectivity index (χ1v) is 9.50. The average molecular weight is 351 g/mol. The number of carbonyl (C=O) groups is 1. The normalized spacial score (nSPS) is 16.3. The Morgan fingerprint density at radius 2 is 1.58 bits per heavy atom. The van der Waals surface area contributed by atoms with Crippen LogP contribution in [0.15, 0.2) is 36.4 Å². The molecule has 0 saturated carbocycles. The van der Waals surface area contributed by atoms with Gasteiger partial charge in [0.15, 0.2) is 5.78 Å². The van der Waals surface area contributed by atoms with E-state index < -0.39 is 0 Å². The van der Waals surface area contributed by atoms with E-state index in [1.807, 2.05) is 36.4 Å². The van der Waals surface area contributed by atoms with Crippen LogP contribution in [0, 0.1) is 0 Å². The predicted octanol–water partition coefficient (Wildman–Crippen LogP) is 4.16. The molecule has 4 heteroatoms. The van der Waals surface area contributed by atoms with Crippen molar-refractivity contribution in [2.75, 3.05) is 33.4 Å². The summed E-state index contributed by atoms with van der Waals surface area (Å²) in [6, 6.07) is 11.3. The Kier molecular flexibility index (Phi) is 4.93. The number of hydrogen-bond donors (Lipinski definition) is 0. The molecule has 1 saturated heterocycles. The van der Waals surface area contributed by atoms with Crippen molar-refractivity contribution in [3.8, 4) is 22.6 Å². The summed E-state index contributed by atoms with van der Waals surface area (Å²) in [6.45, 7) is 4.15. The Morgan fingerprint density at radius 3 is 2.27 bits per heavy atom. The molecule has 0 aromatic heterocycles. The van der Waals surface area contributed by atoms with Crippen LogP contribution in [0.25, 0.3) is 11.1 Å². The van der Waals surface area contributed by atoms with Gasteiger partial charge in [0.1, 0.15) is 11.5 Å². The molecule has 2 aliphatic rings. The molecule has 1 aliphatic carbocycles. The molecule has 1 heterocycles. The van der Waals surface area contributed by atoms with Crippen molar-refractivity contribution in [1.82, 2.24) is 4.90 Å². The van der Waals surface area contributed by atoms with Gasteiger partial charge in [0.05, 0.1) is 13.7 Å². The van der Waals surface area contributed by atoms with Crippen molar-refractivity contribution in [1.29, 1.82) is 0 Å². The largest absolute Gasteiger partial charge is 0.496 e. The molecule has 26 heavy (non-hydrogen) atoms. The van der Waals surface area contributed by atoms with Crippen LogP contribution >= 0.6 is 0 Å². The van der Waals surface area contributed by atoms with Gasteiger partial charge < -0.3 is 14.4 Å². The minimum absolute atomic E-state index is 0.0488. The fourth-order valence-electron chi connectivity index (χ4n) is 4.05. The molecule has 136 valence electrons. The Morgan fingerprint density at radius 1 is 0.923 bits per heavy atom. The van der Waals surface area contributed by atoms with Gasteiger partial charge in [-0.3, -0.25) is 4.79 Å². The van der Waals surface area contributed by atoms with Crippen molar-refractivity contribution in [3.05, 3.63) is 47.5 Å². The lowest BCUT2D eigenvalue weighted by atomic mass is 10.0. The quantitative estimate of drug-likeness (QED) is 0.625. The predicted molar refractivity (Wildman–Crippen MR) is 102 cm³/mol. The van der Waals surface area contributed by atoms with Crippen molar-refractivity contribution in [2.45, 2.75) is 25.7 Å². The standard InChI is InChI=1S/C22H25NO3/c1-25-18-10-5-8-16-20(18)21-17(22(16)24)9-6-11-19(21)26-15-7-14-23-12-3-2-4-13-23/h5-6,8-11H,2-4,7,12-15H2,1H3. The van der Waals surface area contributed by atoms with E-state index in [1.54, 1.807) is 7.11 Å². The molecule has 2 aromatic rings. The van der Waals surface area contributed by atoms with Crippen LogP contribution in [0.1, 0.15) is 41.6 Å². The number of rotatable bonds is 6. The van der Waals surface area contributed by atoms with Gasteiger partial charge in [-0.1, -0.05) is 30.7 Å². The van der Waals surface area contributed by atoms with Crippen LogP contribution in [0.3, 0.4) is 0 Å². The fourth-order valence-corrected chi connectivity index (χ4v) is 4.05. The first-order valence-electron chi connectivity index (χ1n) is 9.50. The number of methoxy groups -OCH3 is 1. The van der Waals surface area contributed by atoms with Crippen LogP contribution in [0.4, 0.5) is 0 Å². The highest BCUT2D eigenvalue weighted by atomic mass is 16.5. The van der Waals surface area contributed by atoms with Gasteiger partial charge in [-0.05, 0) is 44.5 Å². The zero-order valence-electron chi connectivity index (χ0n) is 15.3. The van der Waals surface area contributed by atoms with Crippen LogP contribution < -0.4 is 9.47 Å². The highest BCUT2D eigenvalue weighted by Crippen LogP contribution is 2.47.